The molecular formula is C16H15FN4O3S. The number of aromatic nitrogens is 3. The Morgan fingerprint density at radius 3 is 2.88 bits per heavy atom. The number of fused-ring (bicyclic) bond motifs is 1. The van der Waals surface area contributed by atoms with Gasteiger partial charge in [0, 0.05) is 17.8 Å². The maximum absolute atomic E-state index is 14.7. The van der Waals surface area contributed by atoms with E-state index in [1.54, 1.807) is 6.92 Å². The molecule has 0 aliphatic heterocycles. The predicted molar refractivity (Wildman–Crippen MR) is 91.4 cm³/mol. The van der Waals surface area contributed by atoms with E-state index >= 15 is 0 Å². The summed E-state index contributed by atoms with van der Waals surface area (Å²) in [6.07, 6.45) is 4.61. The number of ketones is 1. The minimum atomic E-state index is -3.67. The smallest absolute Gasteiger partial charge is 0.232 e. The Hall–Kier alpha value is -2.81. The van der Waals surface area contributed by atoms with E-state index in [9.17, 15) is 17.6 Å². The molecule has 3 aromatic rings. The van der Waals surface area contributed by atoms with Crippen molar-refractivity contribution in [1.82, 2.24) is 15.0 Å². The number of H-pyrrole nitrogens is 1. The lowest BCUT2D eigenvalue weighted by Gasteiger charge is -2.10. The minimum Gasteiger partial charge on any atom is -0.345 e. The van der Waals surface area contributed by atoms with Gasteiger partial charge in [-0.1, -0.05) is 13.0 Å². The van der Waals surface area contributed by atoms with Crippen molar-refractivity contribution in [3.8, 4) is 0 Å². The highest BCUT2D eigenvalue weighted by Gasteiger charge is 2.21. The van der Waals surface area contributed by atoms with Crippen LogP contribution in [0, 0.1) is 5.82 Å². The number of benzene rings is 1. The SMILES string of the molecule is CCCS(=O)(=O)Nc1cccc(C(=O)c2c[nH]c3ncncc23)c1F. The third-order valence-electron chi connectivity index (χ3n) is 3.58. The molecule has 0 unspecified atom stereocenters. The van der Waals surface area contributed by atoms with Crippen LogP contribution in [0.1, 0.15) is 29.3 Å². The van der Waals surface area contributed by atoms with Crippen molar-refractivity contribution in [2.45, 2.75) is 13.3 Å². The van der Waals surface area contributed by atoms with E-state index in [4.69, 9.17) is 0 Å². The van der Waals surface area contributed by atoms with Gasteiger partial charge in [0.05, 0.1) is 22.6 Å². The highest BCUT2D eigenvalue weighted by atomic mass is 32.2. The molecule has 1 aromatic carbocycles. The van der Waals surface area contributed by atoms with E-state index in [2.05, 4.69) is 19.7 Å². The number of aromatic amines is 1. The Labute approximate surface area is 143 Å². The Balaban J connectivity index is 2.01. The number of sulfonamides is 1. The van der Waals surface area contributed by atoms with Crippen LogP contribution in [0.2, 0.25) is 0 Å². The zero-order valence-corrected chi connectivity index (χ0v) is 14.1. The second-order valence-electron chi connectivity index (χ2n) is 5.40. The van der Waals surface area contributed by atoms with Crippen LogP contribution >= 0.6 is 0 Å². The second-order valence-corrected chi connectivity index (χ2v) is 7.25. The number of anilines is 1. The molecule has 0 amide bonds. The molecule has 3 rings (SSSR count). The van der Waals surface area contributed by atoms with Gasteiger partial charge in [-0.25, -0.2) is 22.8 Å². The largest absolute Gasteiger partial charge is 0.345 e. The predicted octanol–water partition coefficient (Wildman–Crippen LogP) is 2.48. The van der Waals surface area contributed by atoms with Crippen molar-refractivity contribution in [3.63, 3.8) is 0 Å². The van der Waals surface area contributed by atoms with Crippen molar-refractivity contribution in [2.75, 3.05) is 10.5 Å². The molecule has 0 radical (unpaired) electrons. The summed E-state index contributed by atoms with van der Waals surface area (Å²) in [6, 6.07) is 4.00. The molecule has 0 bridgehead atoms. The van der Waals surface area contributed by atoms with E-state index in [0.717, 1.165) is 0 Å². The average Bonchev–Trinajstić information content (AvgIpc) is 3.00. The van der Waals surface area contributed by atoms with E-state index in [1.807, 2.05) is 0 Å². The number of nitrogens with zero attached hydrogens (tertiary/aromatic N) is 2. The van der Waals surface area contributed by atoms with Crippen molar-refractivity contribution in [2.24, 2.45) is 0 Å². The van der Waals surface area contributed by atoms with Crippen molar-refractivity contribution in [3.05, 3.63) is 53.9 Å². The number of carbonyl (C=O) groups is 1. The van der Waals surface area contributed by atoms with Gasteiger partial charge in [0.25, 0.3) is 0 Å². The Kier molecular flexibility index (Phi) is 4.49. The van der Waals surface area contributed by atoms with Gasteiger partial charge in [0.15, 0.2) is 11.6 Å². The first-order valence-corrected chi connectivity index (χ1v) is 9.19. The number of carbonyl (C=O) groups excluding carboxylic acids is 1. The monoisotopic (exact) mass is 362 g/mol. The van der Waals surface area contributed by atoms with Gasteiger partial charge < -0.3 is 4.98 Å². The maximum Gasteiger partial charge on any atom is 0.232 e. The van der Waals surface area contributed by atoms with Crippen LogP contribution in [0.15, 0.2) is 36.9 Å². The molecule has 130 valence electrons. The summed E-state index contributed by atoms with van der Waals surface area (Å²) >= 11 is 0. The zero-order chi connectivity index (χ0) is 18.0. The van der Waals surface area contributed by atoms with E-state index in [0.29, 0.717) is 17.5 Å². The number of hydrogen-bond donors (Lipinski definition) is 2. The summed E-state index contributed by atoms with van der Waals surface area (Å²) in [6.45, 7) is 1.70. The van der Waals surface area contributed by atoms with Crippen molar-refractivity contribution in [1.29, 1.82) is 0 Å². The Morgan fingerprint density at radius 2 is 2.12 bits per heavy atom. The molecule has 0 aliphatic carbocycles. The van der Waals surface area contributed by atoms with Crippen molar-refractivity contribution < 1.29 is 17.6 Å². The van der Waals surface area contributed by atoms with Gasteiger partial charge in [-0.05, 0) is 18.6 Å². The topological polar surface area (TPSA) is 105 Å². The van der Waals surface area contributed by atoms with Crippen molar-refractivity contribution >= 4 is 32.5 Å². The van der Waals surface area contributed by atoms with E-state index in [-0.39, 0.29) is 22.6 Å². The summed E-state index contributed by atoms with van der Waals surface area (Å²) in [5.74, 6) is -1.64. The quantitative estimate of drug-likeness (QED) is 0.656. The lowest BCUT2D eigenvalue weighted by Crippen LogP contribution is -2.18. The van der Waals surface area contributed by atoms with Crippen LogP contribution in [0.3, 0.4) is 0 Å². The summed E-state index contributed by atoms with van der Waals surface area (Å²) in [7, 11) is -3.67. The highest BCUT2D eigenvalue weighted by molar-refractivity contribution is 7.92. The minimum absolute atomic E-state index is 0.135. The lowest BCUT2D eigenvalue weighted by atomic mass is 10.0. The molecule has 25 heavy (non-hydrogen) atoms. The summed E-state index contributed by atoms with van der Waals surface area (Å²) < 4.78 is 40.6. The van der Waals surface area contributed by atoms with Gasteiger partial charge in [-0.2, -0.15) is 0 Å². The normalized spacial score (nSPS) is 11.6. The highest BCUT2D eigenvalue weighted by Crippen LogP contribution is 2.24. The number of nitrogens with one attached hydrogen (secondary N) is 2. The molecular weight excluding hydrogens is 347 g/mol. The first kappa shape index (κ1) is 17.0. The van der Waals surface area contributed by atoms with Crippen LogP contribution in [0.25, 0.3) is 11.0 Å². The molecule has 2 N–H and O–H groups in total. The fraction of sp³-hybridized carbons (Fsp3) is 0.188. The fourth-order valence-corrected chi connectivity index (χ4v) is 3.60. The van der Waals surface area contributed by atoms with Gasteiger partial charge in [0.1, 0.15) is 12.0 Å². The van der Waals surface area contributed by atoms with E-state index < -0.39 is 21.6 Å². The molecule has 7 nitrogen and oxygen atoms in total. The second kappa shape index (κ2) is 6.60. The fourth-order valence-electron chi connectivity index (χ4n) is 2.47. The third-order valence-corrected chi connectivity index (χ3v) is 5.06. The van der Waals surface area contributed by atoms with Crippen LogP contribution in [0.4, 0.5) is 10.1 Å². The average molecular weight is 362 g/mol. The molecule has 0 fully saturated rings. The molecule has 0 spiro atoms. The van der Waals surface area contributed by atoms with Crippen LogP contribution in [0.5, 0.6) is 0 Å². The molecule has 0 aliphatic rings. The Morgan fingerprint density at radius 1 is 1.32 bits per heavy atom. The lowest BCUT2D eigenvalue weighted by molar-refractivity contribution is 0.103. The number of rotatable bonds is 6. The van der Waals surface area contributed by atoms with Crippen LogP contribution < -0.4 is 4.72 Å². The van der Waals surface area contributed by atoms with Crippen LogP contribution in [-0.4, -0.2) is 34.9 Å². The molecule has 2 aromatic heterocycles. The first-order valence-electron chi connectivity index (χ1n) is 7.53. The molecule has 0 atom stereocenters. The molecule has 0 saturated heterocycles. The summed E-state index contributed by atoms with van der Waals surface area (Å²) in [5, 5.41) is 0.462. The number of hydrogen-bond acceptors (Lipinski definition) is 5. The number of halogens is 1. The molecule has 9 heteroatoms. The zero-order valence-electron chi connectivity index (χ0n) is 13.3. The maximum atomic E-state index is 14.7. The first-order chi connectivity index (χ1) is 11.9. The van der Waals surface area contributed by atoms with E-state index in [1.165, 1.54) is 36.9 Å². The summed E-state index contributed by atoms with van der Waals surface area (Å²) in [4.78, 5) is 23.4. The molecule has 2 heterocycles. The third kappa shape index (κ3) is 3.36. The van der Waals surface area contributed by atoms with Gasteiger partial charge >= 0.3 is 0 Å². The van der Waals surface area contributed by atoms with Gasteiger partial charge in [-0.15, -0.1) is 0 Å². The van der Waals surface area contributed by atoms with Gasteiger partial charge in [0.2, 0.25) is 10.0 Å². The van der Waals surface area contributed by atoms with Gasteiger partial charge in [-0.3, -0.25) is 9.52 Å². The molecule has 0 saturated carbocycles. The summed E-state index contributed by atoms with van der Waals surface area (Å²) in [5.41, 5.74) is 0.179. The standard InChI is InChI=1S/C16H15FN4O3S/c1-2-6-25(23,24)21-13-5-3-4-10(14(13)17)15(22)11-8-19-16-12(11)7-18-9-20-16/h3-5,7-9,21H,2,6H2,1H3,(H,18,19,20). The van der Waals surface area contributed by atoms with Crippen LogP contribution in [-0.2, 0) is 10.0 Å². The Bertz CT molecular complexity index is 1050.